The van der Waals surface area contributed by atoms with E-state index in [1.807, 2.05) is 12.1 Å². The molecule has 1 aromatic rings. The van der Waals surface area contributed by atoms with Crippen molar-refractivity contribution in [3.63, 3.8) is 0 Å². The summed E-state index contributed by atoms with van der Waals surface area (Å²) in [6.45, 7) is 3.31. The molecule has 0 aromatic carbocycles. The van der Waals surface area contributed by atoms with Crippen molar-refractivity contribution in [3.05, 3.63) is 24.0 Å². The molecule has 18 heavy (non-hydrogen) atoms. The minimum atomic E-state index is 0.481. The van der Waals surface area contributed by atoms with Crippen LogP contribution in [0.15, 0.2) is 18.3 Å². The Bertz CT molecular complexity index is 414. The standard InChI is InChI=1S/C15H21N3/c1-2-12-3-5-13(6-4-12)11-18-14-7-8-17-15(9-14)10-16/h7-9,12-13H,2-6,11H2,1H3,(H,17,18). The number of nitrogens with zero attached hydrogens (tertiary/aromatic N) is 2. The summed E-state index contributed by atoms with van der Waals surface area (Å²) in [5.41, 5.74) is 1.49. The van der Waals surface area contributed by atoms with Crippen LogP contribution in [-0.4, -0.2) is 11.5 Å². The lowest BCUT2D eigenvalue weighted by Gasteiger charge is -2.28. The smallest absolute Gasteiger partial charge is 0.142 e. The van der Waals surface area contributed by atoms with Crippen LogP contribution in [0.2, 0.25) is 0 Å². The number of pyridine rings is 1. The number of nitrogens with one attached hydrogen (secondary N) is 1. The van der Waals surface area contributed by atoms with Gasteiger partial charge in [-0.3, -0.25) is 0 Å². The molecular formula is C15H21N3. The molecule has 96 valence electrons. The van der Waals surface area contributed by atoms with E-state index in [1.54, 1.807) is 6.20 Å². The summed E-state index contributed by atoms with van der Waals surface area (Å²) in [4.78, 5) is 3.97. The van der Waals surface area contributed by atoms with Crippen LogP contribution in [0.3, 0.4) is 0 Å². The summed E-state index contributed by atoms with van der Waals surface area (Å²) in [5.74, 6) is 1.74. The molecule has 0 amide bonds. The molecule has 3 nitrogen and oxygen atoms in total. The first-order valence-electron chi connectivity index (χ1n) is 6.91. The molecule has 1 saturated carbocycles. The van der Waals surface area contributed by atoms with Gasteiger partial charge in [0.1, 0.15) is 11.8 Å². The van der Waals surface area contributed by atoms with Gasteiger partial charge in [-0.1, -0.05) is 26.2 Å². The van der Waals surface area contributed by atoms with Crippen LogP contribution >= 0.6 is 0 Å². The van der Waals surface area contributed by atoms with Gasteiger partial charge >= 0.3 is 0 Å². The maximum absolute atomic E-state index is 8.79. The van der Waals surface area contributed by atoms with Gasteiger partial charge in [-0.25, -0.2) is 4.98 Å². The average Bonchev–Trinajstić information content (AvgIpc) is 2.46. The lowest BCUT2D eigenvalue weighted by Crippen LogP contribution is -2.21. The Morgan fingerprint density at radius 1 is 1.33 bits per heavy atom. The molecule has 3 heteroatoms. The summed E-state index contributed by atoms with van der Waals surface area (Å²) in [7, 11) is 0. The predicted molar refractivity (Wildman–Crippen MR) is 73.2 cm³/mol. The van der Waals surface area contributed by atoms with Gasteiger partial charge in [0.25, 0.3) is 0 Å². The fourth-order valence-corrected chi connectivity index (χ4v) is 2.71. The molecule has 2 rings (SSSR count). The fourth-order valence-electron chi connectivity index (χ4n) is 2.71. The molecule has 1 heterocycles. The van der Waals surface area contributed by atoms with Crippen LogP contribution in [-0.2, 0) is 0 Å². The summed E-state index contributed by atoms with van der Waals surface area (Å²) in [6.07, 6.45) is 8.44. The first-order chi connectivity index (χ1) is 8.81. The van der Waals surface area contributed by atoms with Crippen molar-refractivity contribution in [2.45, 2.75) is 39.0 Å². The highest BCUT2D eigenvalue weighted by atomic mass is 14.9. The number of rotatable bonds is 4. The summed E-state index contributed by atoms with van der Waals surface area (Å²) < 4.78 is 0. The second kappa shape index (κ2) is 6.39. The van der Waals surface area contributed by atoms with E-state index in [0.29, 0.717) is 5.69 Å². The molecule has 1 aliphatic carbocycles. The Labute approximate surface area is 109 Å². The van der Waals surface area contributed by atoms with E-state index in [-0.39, 0.29) is 0 Å². The van der Waals surface area contributed by atoms with Gasteiger partial charge in [-0.15, -0.1) is 0 Å². The number of aromatic nitrogens is 1. The summed E-state index contributed by atoms with van der Waals surface area (Å²) >= 11 is 0. The Balaban J connectivity index is 1.80. The Hall–Kier alpha value is -1.56. The molecule has 0 spiro atoms. The molecule has 0 aliphatic heterocycles. The average molecular weight is 243 g/mol. The van der Waals surface area contributed by atoms with Crippen molar-refractivity contribution in [3.8, 4) is 6.07 Å². The molecule has 1 fully saturated rings. The number of hydrogen-bond acceptors (Lipinski definition) is 3. The Morgan fingerprint density at radius 3 is 2.72 bits per heavy atom. The van der Waals surface area contributed by atoms with Crippen LogP contribution in [0.4, 0.5) is 5.69 Å². The zero-order valence-electron chi connectivity index (χ0n) is 11.0. The maximum atomic E-state index is 8.79. The summed E-state index contributed by atoms with van der Waals surface area (Å²) in [6, 6.07) is 5.81. The number of nitriles is 1. The molecular weight excluding hydrogens is 222 g/mol. The van der Waals surface area contributed by atoms with Crippen LogP contribution in [0.25, 0.3) is 0 Å². The van der Waals surface area contributed by atoms with Crippen LogP contribution in [0, 0.1) is 23.2 Å². The van der Waals surface area contributed by atoms with Crippen molar-refractivity contribution >= 4 is 5.69 Å². The zero-order chi connectivity index (χ0) is 12.8. The van der Waals surface area contributed by atoms with Crippen molar-refractivity contribution < 1.29 is 0 Å². The molecule has 0 unspecified atom stereocenters. The molecule has 0 saturated heterocycles. The van der Waals surface area contributed by atoms with E-state index in [0.717, 1.165) is 24.1 Å². The van der Waals surface area contributed by atoms with E-state index in [2.05, 4.69) is 23.3 Å². The van der Waals surface area contributed by atoms with Gasteiger partial charge in [0.05, 0.1) is 0 Å². The number of anilines is 1. The van der Waals surface area contributed by atoms with E-state index in [1.165, 1.54) is 32.1 Å². The third-order valence-electron chi connectivity index (χ3n) is 4.01. The second-order valence-corrected chi connectivity index (χ2v) is 5.22. The predicted octanol–water partition coefficient (Wildman–Crippen LogP) is 3.58. The van der Waals surface area contributed by atoms with Crippen molar-refractivity contribution in [2.75, 3.05) is 11.9 Å². The van der Waals surface area contributed by atoms with Crippen molar-refractivity contribution in [2.24, 2.45) is 11.8 Å². The highest BCUT2D eigenvalue weighted by Crippen LogP contribution is 2.30. The first kappa shape index (κ1) is 12.9. The van der Waals surface area contributed by atoms with Gasteiger partial charge in [-0.05, 0) is 36.8 Å². The Kier molecular flexibility index (Phi) is 4.58. The topological polar surface area (TPSA) is 48.7 Å². The lowest BCUT2D eigenvalue weighted by atomic mass is 9.81. The minimum Gasteiger partial charge on any atom is -0.385 e. The Morgan fingerprint density at radius 2 is 2.06 bits per heavy atom. The number of hydrogen-bond donors (Lipinski definition) is 1. The first-order valence-corrected chi connectivity index (χ1v) is 6.91. The molecule has 0 bridgehead atoms. The van der Waals surface area contributed by atoms with E-state index in [9.17, 15) is 0 Å². The normalized spacial score (nSPS) is 23.3. The van der Waals surface area contributed by atoms with Crippen molar-refractivity contribution in [1.29, 1.82) is 5.26 Å². The maximum Gasteiger partial charge on any atom is 0.142 e. The van der Waals surface area contributed by atoms with Crippen LogP contribution < -0.4 is 5.32 Å². The van der Waals surface area contributed by atoms with Crippen LogP contribution in [0.1, 0.15) is 44.7 Å². The molecule has 0 atom stereocenters. The van der Waals surface area contributed by atoms with Crippen molar-refractivity contribution in [1.82, 2.24) is 4.98 Å². The van der Waals surface area contributed by atoms with Gasteiger partial charge in [0.15, 0.2) is 0 Å². The SMILES string of the molecule is CCC1CCC(CNc2ccnc(C#N)c2)CC1. The monoisotopic (exact) mass is 243 g/mol. The minimum absolute atomic E-state index is 0.481. The van der Waals surface area contributed by atoms with Crippen LogP contribution in [0.5, 0.6) is 0 Å². The largest absolute Gasteiger partial charge is 0.385 e. The molecule has 1 aliphatic rings. The molecule has 1 N–H and O–H groups in total. The van der Waals surface area contributed by atoms with Gasteiger partial charge < -0.3 is 5.32 Å². The quantitative estimate of drug-likeness (QED) is 0.879. The highest BCUT2D eigenvalue weighted by molar-refractivity contribution is 5.45. The van der Waals surface area contributed by atoms with Gasteiger partial charge in [0.2, 0.25) is 0 Å². The zero-order valence-corrected chi connectivity index (χ0v) is 11.0. The third kappa shape index (κ3) is 3.46. The fraction of sp³-hybridized carbons (Fsp3) is 0.600. The highest BCUT2D eigenvalue weighted by Gasteiger charge is 2.19. The van der Waals surface area contributed by atoms with E-state index < -0.39 is 0 Å². The molecule has 1 aromatic heterocycles. The second-order valence-electron chi connectivity index (χ2n) is 5.22. The third-order valence-corrected chi connectivity index (χ3v) is 4.01. The van der Waals surface area contributed by atoms with Gasteiger partial charge in [0, 0.05) is 18.4 Å². The summed E-state index contributed by atoms with van der Waals surface area (Å²) in [5, 5.41) is 12.2. The lowest BCUT2D eigenvalue weighted by molar-refractivity contribution is 0.278. The van der Waals surface area contributed by atoms with Gasteiger partial charge in [-0.2, -0.15) is 5.26 Å². The van der Waals surface area contributed by atoms with E-state index >= 15 is 0 Å². The molecule has 0 radical (unpaired) electrons. The van der Waals surface area contributed by atoms with E-state index in [4.69, 9.17) is 5.26 Å².